The third kappa shape index (κ3) is 1.33. The van der Waals surface area contributed by atoms with Crippen LogP contribution in [-0.2, 0) is 0 Å². The summed E-state index contributed by atoms with van der Waals surface area (Å²) in [6, 6.07) is 6.80. The first-order valence-corrected chi connectivity index (χ1v) is 5.52. The van der Waals surface area contributed by atoms with Gasteiger partial charge in [-0.15, -0.1) is 0 Å². The minimum absolute atomic E-state index is 0.0336. The number of rotatable bonds is 1. The van der Waals surface area contributed by atoms with E-state index in [0.717, 1.165) is 0 Å². The van der Waals surface area contributed by atoms with Crippen LogP contribution in [0.3, 0.4) is 0 Å². The molecule has 0 saturated heterocycles. The largest absolute Gasteiger partial charge is 0.398 e. The van der Waals surface area contributed by atoms with Gasteiger partial charge in [0.05, 0.1) is 22.4 Å². The molecule has 0 atom stereocenters. The number of benzene rings is 2. The number of hydrogen-bond acceptors (Lipinski definition) is 4. The third-order valence-electron chi connectivity index (χ3n) is 3.18. The van der Waals surface area contributed by atoms with Crippen molar-refractivity contribution in [2.24, 2.45) is 5.73 Å². The summed E-state index contributed by atoms with van der Waals surface area (Å²) in [6.45, 7) is 0. The maximum absolute atomic E-state index is 11.9. The molecule has 19 heavy (non-hydrogen) atoms. The predicted octanol–water partition coefficient (Wildman–Crippen LogP) is 0.405. The molecule has 0 bridgehead atoms. The van der Waals surface area contributed by atoms with Gasteiger partial charge >= 0.3 is 0 Å². The second-order valence-electron chi connectivity index (χ2n) is 4.23. The topological polar surface area (TPSA) is 115 Å². The van der Waals surface area contributed by atoms with Crippen LogP contribution in [0.4, 0.5) is 5.69 Å². The summed E-state index contributed by atoms with van der Waals surface area (Å²) in [6.07, 6.45) is 0. The molecular weight excluding hydrogens is 246 g/mol. The Balaban J connectivity index is 2.61. The van der Waals surface area contributed by atoms with Crippen LogP contribution in [0.5, 0.6) is 0 Å². The highest BCUT2D eigenvalue weighted by molar-refractivity contribution is 6.32. The normalized spacial score (nSPS) is 13.5. The number of nitrogens with one attached hydrogen (secondary N) is 1. The average Bonchev–Trinajstić information content (AvgIpc) is 2.65. The number of amides is 3. The molecule has 5 N–H and O–H groups in total. The van der Waals surface area contributed by atoms with E-state index in [-0.39, 0.29) is 22.4 Å². The second kappa shape index (κ2) is 3.55. The maximum atomic E-state index is 11.9. The van der Waals surface area contributed by atoms with Gasteiger partial charge in [-0.1, -0.05) is 24.3 Å². The summed E-state index contributed by atoms with van der Waals surface area (Å²) in [5, 5.41) is 3.21. The number of nitrogens with two attached hydrogens (primary N) is 2. The highest BCUT2D eigenvalue weighted by Crippen LogP contribution is 2.34. The van der Waals surface area contributed by atoms with Gasteiger partial charge < -0.3 is 11.5 Å². The van der Waals surface area contributed by atoms with Crippen molar-refractivity contribution < 1.29 is 14.4 Å². The van der Waals surface area contributed by atoms with Gasteiger partial charge in [0.15, 0.2) is 0 Å². The lowest BCUT2D eigenvalue weighted by atomic mass is 9.93. The van der Waals surface area contributed by atoms with Gasteiger partial charge in [-0.2, -0.15) is 0 Å². The number of fused-ring (bicyclic) bond motifs is 3. The van der Waals surface area contributed by atoms with E-state index < -0.39 is 17.7 Å². The van der Waals surface area contributed by atoms with Gasteiger partial charge in [0.25, 0.3) is 17.7 Å². The standard InChI is InChI=1S/C13H9N3O3/c14-10-6-4-2-1-3-5(6)7-8(9(10)11(15)17)13(19)16-12(7)18/h1-4H,14H2,(H2,15,17)(H,16,18,19). The zero-order valence-electron chi connectivity index (χ0n) is 9.69. The van der Waals surface area contributed by atoms with Gasteiger partial charge in [-0.3, -0.25) is 19.7 Å². The zero-order chi connectivity index (χ0) is 13.7. The van der Waals surface area contributed by atoms with Gasteiger partial charge in [-0.05, 0) is 5.39 Å². The minimum atomic E-state index is -0.829. The van der Waals surface area contributed by atoms with E-state index in [2.05, 4.69) is 5.32 Å². The van der Waals surface area contributed by atoms with E-state index in [1.165, 1.54) is 0 Å². The molecule has 0 aliphatic carbocycles. The molecule has 94 valence electrons. The third-order valence-corrected chi connectivity index (χ3v) is 3.18. The van der Waals surface area contributed by atoms with Gasteiger partial charge in [0.1, 0.15) is 0 Å². The Morgan fingerprint density at radius 1 is 1.00 bits per heavy atom. The first-order chi connectivity index (χ1) is 9.02. The summed E-state index contributed by atoms with van der Waals surface area (Å²) in [7, 11) is 0. The Morgan fingerprint density at radius 3 is 2.21 bits per heavy atom. The molecule has 0 aromatic heterocycles. The number of primary amides is 1. The molecule has 6 nitrogen and oxygen atoms in total. The fourth-order valence-corrected chi connectivity index (χ4v) is 2.41. The van der Waals surface area contributed by atoms with Crippen molar-refractivity contribution >= 4 is 34.2 Å². The highest BCUT2D eigenvalue weighted by Gasteiger charge is 2.35. The van der Waals surface area contributed by atoms with E-state index in [4.69, 9.17) is 11.5 Å². The van der Waals surface area contributed by atoms with Crippen LogP contribution in [0.15, 0.2) is 24.3 Å². The molecule has 2 aromatic carbocycles. The van der Waals surface area contributed by atoms with E-state index in [1.54, 1.807) is 24.3 Å². The molecule has 3 amide bonds. The smallest absolute Gasteiger partial charge is 0.259 e. The van der Waals surface area contributed by atoms with Gasteiger partial charge in [0.2, 0.25) is 0 Å². The van der Waals surface area contributed by atoms with Gasteiger partial charge in [0, 0.05) is 5.39 Å². The van der Waals surface area contributed by atoms with Crippen molar-refractivity contribution in [1.82, 2.24) is 5.32 Å². The first kappa shape index (κ1) is 11.2. The molecule has 1 heterocycles. The van der Waals surface area contributed by atoms with Crippen molar-refractivity contribution in [3.8, 4) is 0 Å². The quantitative estimate of drug-likeness (QED) is 0.505. The maximum Gasteiger partial charge on any atom is 0.259 e. The number of anilines is 1. The zero-order valence-corrected chi connectivity index (χ0v) is 9.69. The Hall–Kier alpha value is -2.89. The molecule has 0 radical (unpaired) electrons. The number of hydrogen-bond donors (Lipinski definition) is 3. The van der Waals surface area contributed by atoms with Crippen LogP contribution in [0.2, 0.25) is 0 Å². The number of carbonyl (C=O) groups is 3. The van der Waals surface area contributed by atoms with Crippen molar-refractivity contribution in [1.29, 1.82) is 0 Å². The monoisotopic (exact) mass is 255 g/mol. The van der Waals surface area contributed by atoms with Crippen LogP contribution in [0.1, 0.15) is 31.1 Å². The molecular formula is C13H9N3O3. The van der Waals surface area contributed by atoms with E-state index in [9.17, 15) is 14.4 Å². The lowest BCUT2D eigenvalue weighted by Gasteiger charge is -2.11. The predicted molar refractivity (Wildman–Crippen MR) is 68.7 cm³/mol. The molecule has 1 aliphatic rings. The molecule has 3 rings (SSSR count). The first-order valence-electron chi connectivity index (χ1n) is 5.52. The fourth-order valence-electron chi connectivity index (χ4n) is 2.41. The average molecular weight is 255 g/mol. The minimum Gasteiger partial charge on any atom is -0.398 e. The molecule has 2 aromatic rings. The van der Waals surface area contributed by atoms with E-state index in [1.807, 2.05) is 0 Å². The van der Waals surface area contributed by atoms with E-state index >= 15 is 0 Å². The summed E-state index contributed by atoms with van der Waals surface area (Å²) in [5.41, 5.74) is 11.3. The van der Waals surface area contributed by atoms with Crippen LogP contribution >= 0.6 is 0 Å². The van der Waals surface area contributed by atoms with Crippen LogP contribution in [0.25, 0.3) is 10.8 Å². The molecule has 0 spiro atoms. The molecule has 0 fully saturated rings. The summed E-state index contributed by atoms with van der Waals surface area (Å²) in [5.74, 6) is -2.02. The van der Waals surface area contributed by atoms with Crippen LogP contribution in [-0.4, -0.2) is 17.7 Å². The lowest BCUT2D eigenvalue weighted by molar-refractivity contribution is 0.0875. The molecule has 0 saturated carbocycles. The Kier molecular flexibility index (Phi) is 2.10. The second-order valence-corrected chi connectivity index (χ2v) is 4.23. The highest BCUT2D eigenvalue weighted by atomic mass is 16.2. The van der Waals surface area contributed by atoms with Crippen LogP contribution in [0, 0.1) is 0 Å². The Labute approximate surface area is 107 Å². The van der Waals surface area contributed by atoms with Crippen molar-refractivity contribution in [2.75, 3.05) is 5.73 Å². The molecule has 1 aliphatic heterocycles. The van der Waals surface area contributed by atoms with Gasteiger partial charge in [-0.25, -0.2) is 0 Å². The van der Waals surface area contributed by atoms with Crippen molar-refractivity contribution in [3.63, 3.8) is 0 Å². The Morgan fingerprint density at radius 2 is 1.58 bits per heavy atom. The summed E-state index contributed by atoms with van der Waals surface area (Å²) < 4.78 is 0. The Bertz CT molecular complexity index is 780. The molecule has 0 unspecified atom stereocenters. The van der Waals surface area contributed by atoms with Crippen molar-refractivity contribution in [3.05, 3.63) is 41.0 Å². The van der Waals surface area contributed by atoms with Crippen molar-refractivity contribution in [2.45, 2.75) is 0 Å². The number of imide groups is 1. The SMILES string of the molecule is NC(=O)c1c2c(c3ccccc3c1N)C(=O)NC2=O. The fraction of sp³-hybridized carbons (Fsp3) is 0. The number of carbonyl (C=O) groups excluding carboxylic acids is 3. The number of nitrogen functional groups attached to an aromatic ring is 1. The van der Waals surface area contributed by atoms with Crippen LogP contribution < -0.4 is 16.8 Å². The summed E-state index contributed by atoms with van der Waals surface area (Å²) in [4.78, 5) is 35.2. The molecule has 6 heteroatoms. The lowest BCUT2D eigenvalue weighted by Crippen LogP contribution is -2.22. The van der Waals surface area contributed by atoms with E-state index in [0.29, 0.717) is 10.8 Å². The summed E-state index contributed by atoms with van der Waals surface area (Å²) >= 11 is 0.